The lowest BCUT2D eigenvalue weighted by atomic mass is 10.3. The van der Waals surface area contributed by atoms with Crippen LogP contribution in [0.15, 0.2) is 0 Å². The molecule has 0 rings (SSSR count). The van der Waals surface area contributed by atoms with Crippen molar-refractivity contribution < 1.29 is 18.3 Å². The Balaban J connectivity index is 3.72. The molecule has 0 aliphatic heterocycles. The summed E-state index contributed by atoms with van der Waals surface area (Å²) in [6.45, 7) is 1.94. The molecule has 0 aliphatic rings. The van der Waals surface area contributed by atoms with Crippen LogP contribution in [0.3, 0.4) is 0 Å². The number of alkyl halides is 3. The molecule has 0 aromatic heterocycles. The summed E-state index contributed by atoms with van der Waals surface area (Å²) >= 11 is 0. The molecule has 2 N–H and O–H groups in total. The lowest BCUT2D eigenvalue weighted by molar-refractivity contribution is -0.202. The van der Waals surface area contributed by atoms with E-state index >= 15 is 0 Å². The summed E-state index contributed by atoms with van der Waals surface area (Å²) in [6, 6.07) is -0.0815. The van der Waals surface area contributed by atoms with Gasteiger partial charge in [0.1, 0.15) is 0 Å². The zero-order chi connectivity index (χ0) is 11.4. The second-order valence-corrected chi connectivity index (χ2v) is 3.63. The molecule has 0 heterocycles. The van der Waals surface area contributed by atoms with E-state index in [4.69, 9.17) is 5.11 Å². The Kier molecular flexibility index (Phi) is 5.40. The summed E-state index contributed by atoms with van der Waals surface area (Å²) in [4.78, 5) is 1.86. The Morgan fingerprint density at radius 3 is 2.21 bits per heavy atom. The molecule has 0 aliphatic carbocycles. The third-order valence-electron chi connectivity index (χ3n) is 1.68. The average molecular weight is 214 g/mol. The molecule has 2 unspecified atom stereocenters. The molecule has 0 fully saturated rings. The molecule has 0 aromatic carbocycles. The van der Waals surface area contributed by atoms with Gasteiger partial charge in [0.2, 0.25) is 0 Å². The Morgan fingerprint density at radius 1 is 1.36 bits per heavy atom. The van der Waals surface area contributed by atoms with Crippen LogP contribution in [-0.4, -0.2) is 55.5 Å². The van der Waals surface area contributed by atoms with Gasteiger partial charge in [-0.2, -0.15) is 13.2 Å². The highest BCUT2D eigenvalue weighted by Crippen LogP contribution is 2.19. The maximum absolute atomic E-state index is 11.9. The van der Waals surface area contributed by atoms with Crippen molar-refractivity contribution in [1.82, 2.24) is 10.2 Å². The van der Waals surface area contributed by atoms with E-state index in [0.29, 0.717) is 6.54 Å². The first-order valence-corrected chi connectivity index (χ1v) is 4.36. The van der Waals surface area contributed by atoms with Crippen LogP contribution in [0.2, 0.25) is 0 Å². The zero-order valence-corrected chi connectivity index (χ0v) is 8.60. The van der Waals surface area contributed by atoms with Crippen molar-refractivity contribution >= 4 is 0 Å². The van der Waals surface area contributed by atoms with Gasteiger partial charge in [-0.3, -0.25) is 0 Å². The van der Waals surface area contributed by atoms with E-state index in [2.05, 4.69) is 5.32 Å². The zero-order valence-electron chi connectivity index (χ0n) is 8.60. The number of nitrogens with zero attached hydrogens (tertiary/aromatic N) is 1. The van der Waals surface area contributed by atoms with E-state index < -0.39 is 18.8 Å². The van der Waals surface area contributed by atoms with Crippen LogP contribution < -0.4 is 5.32 Å². The monoisotopic (exact) mass is 214 g/mol. The number of likely N-dealkylation sites (N-methyl/N-ethyl adjacent to an activating group) is 1. The summed E-state index contributed by atoms with van der Waals surface area (Å²) < 4.78 is 35.6. The first kappa shape index (κ1) is 13.7. The molecular formula is C8H17F3N2O. The highest BCUT2D eigenvalue weighted by molar-refractivity contribution is 4.71. The van der Waals surface area contributed by atoms with Crippen LogP contribution in [0, 0.1) is 0 Å². The highest BCUT2D eigenvalue weighted by Gasteiger charge is 2.37. The maximum atomic E-state index is 11.9. The highest BCUT2D eigenvalue weighted by atomic mass is 19.4. The van der Waals surface area contributed by atoms with E-state index in [-0.39, 0.29) is 6.04 Å². The molecule has 0 amide bonds. The predicted octanol–water partition coefficient (Wildman–Crippen LogP) is 0.449. The molecule has 3 nitrogen and oxygen atoms in total. The molecule has 0 saturated heterocycles. The van der Waals surface area contributed by atoms with Crippen molar-refractivity contribution in [3.8, 4) is 0 Å². The Hall–Kier alpha value is -0.330. The van der Waals surface area contributed by atoms with Crippen LogP contribution in [0.5, 0.6) is 0 Å². The Labute approximate surface area is 81.9 Å². The van der Waals surface area contributed by atoms with Crippen LogP contribution in [0.1, 0.15) is 6.92 Å². The second-order valence-electron chi connectivity index (χ2n) is 3.63. The van der Waals surface area contributed by atoms with Gasteiger partial charge in [-0.15, -0.1) is 0 Å². The Morgan fingerprint density at radius 2 is 1.86 bits per heavy atom. The Bertz CT molecular complexity index is 161. The molecule has 6 heteroatoms. The third-order valence-corrected chi connectivity index (χ3v) is 1.68. The quantitative estimate of drug-likeness (QED) is 0.697. The molecule has 0 saturated carbocycles. The van der Waals surface area contributed by atoms with Gasteiger partial charge < -0.3 is 15.3 Å². The third kappa shape index (κ3) is 6.17. The van der Waals surface area contributed by atoms with Crippen molar-refractivity contribution in [2.45, 2.75) is 25.2 Å². The van der Waals surface area contributed by atoms with E-state index in [1.54, 1.807) is 6.92 Å². The fraction of sp³-hybridized carbons (Fsp3) is 1.00. The summed E-state index contributed by atoms with van der Waals surface area (Å²) in [7, 11) is 3.66. The average Bonchev–Trinajstić information content (AvgIpc) is 1.96. The van der Waals surface area contributed by atoms with E-state index in [1.165, 1.54) is 0 Å². The van der Waals surface area contributed by atoms with Gasteiger partial charge in [0.05, 0.1) is 0 Å². The number of hydrogen-bond donors (Lipinski definition) is 2. The van der Waals surface area contributed by atoms with Crippen LogP contribution in [0.4, 0.5) is 13.2 Å². The summed E-state index contributed by atoms with van der Waals surface area (Å²) in [5.41, 5.74) is 0. The minimum Gasteiger partial charge on any atom is -0.382 e. The SMILES string of the molecule is CC(CN(C)C)NCC(O)C(F)(F)F. The number of aliphatic hydroxyl groups excluding tert-OH is 1. The molecule has 0 aromatic rings. The number of hydrogen-bond acceptors (Lipinski definition) is 3. The number of nitrogens with one attached hydrogen (secondary N) is 1. The lowest BCUT2D eigenvalue weighted by Crippen LogP contribution is -2.44. The fourth-order valence-corrected chi connectivity index (χ4v) is 1.04. The molecule has 0 bridgehead atoms. The normalized spacial score (nSPS) is 17.1. The van der Waals surface area contributed by atoms with Gasteiger partial charge in [0.15, 0.2) is 6.10 Å². The molecule has 0 spiro atoms. The van der Waals surface area contributed by atoms with Gasteiger partial charge in [0, 0.05) is 19.1 Å². The minimum absolute atomic E-state index is 0.0815. The van der Waals surface area contributed by atoms with Crippen molar-refractivity contribution in [2.75, 3.05) is 27.2 Å². The summed E-state index contributed by atoms with van der Waals surface area (Å²) in [5, 5.41) is 11.3. The number of aliphatic hydroxyl groups is 1. The topological polar surface area (TPSA) is 35.5 Å². The van der Waals surface area contributed by atoms with Gasteiger partial charge in [-0.05, 0) is 21.0 Å². The van der Waals surface area contributed by atoms with Crippen LogP contribution in [0.25, 0.3) is 0 Å². The van der Waals surface area contributed by atoms with Gasteiger partial charge in [-0.25, -0.2) is 0 Å². The predicted molar refractivity (Wildman–Crippen MR) is 48.1 cm³/mol. The van der Waals surface area contributed by atoms with Gasteiger partial charge >= 0.3 is 6.18 Å². The molecule has 86 valence electrons. The smallest absolute Gasteiger partial charge is 0.382 e. The van der Waals surface area contributed by atoms with Gasteiger partial charge in [0.25, 0.3) is 0 Å². The van der Waals surface area contributed by atoms with Crippen molar-refractivity contribution in [2.24, 2.45) is 0 Å². The molecular weight excluding hydrogens is 197 g/mol. The number of rotatable bonds is 5. The molecule has 2 atom stereocenters. The molecule has 0 radical (unpaired) electrons. The standard InChI is InChI=1S/C8H17F3N2O/c1-6(5-13(2)3)12-4-7(14)8(9,10)11/h6-7,12,14H,4-5H2,1-3H3. The minimum atomic E-state index is -4.54. The van der Waals surface area contributed by atoms with E-state index in [0.717, 1.165) is 0 Å². The second kappa shape index (κ2) is 5.53. The van der Waals surface area contributed by atoms with Crippen molar-refractivity contribution in [3.05, 3.63) is 0 Å². The van der Waals surface area contributed by atoms with E-state index in [9.17, 15) is 13.2 Å². The summed E-state index contributed by atoms with van der Waals surface area (Å²) in [6.07, 6.45) is -6.82. The van der Waals surface area contributed by atoms with Gasteiger partial charge in [-0.1, -0.05) is 0 Å². The van der Waals surface area contributed by atoms with E-state index in [1.807, 2.05) is 19.0 Å². The fourth-order valence-electron chi connectivity index (χ4n) is 1.04. The molecule has 14 heavy (non-hydrogen) atoms. The number of halogens is 3. The first-order chi connectivity index (χ1) is 6.23. The lowest BCUT2D eigenvalue weighted by Gasteiger charge is -2.21. The van der Waals surface area contributed by atoms with Crippen LogP contribution >= 0.6 is 0 Å². The van der Waals surface area contributed by atoms with Crippen molar-refractivity contribution in [1.29, 1.82) is 0 Å². The first-order valence-electron chi connectivity index (χ1n) is 4.36. The maximum Gasteiger partial charge on any atom is 0.415 e. The summed E-state index contributed by atoms with van der Waals surface area (Å²) in [5.74, 6) is 0. The van der Waals surface area contributed by atoms with Crippen molar-refractivity contribution in [3.63, 3.8) is 0 Å². The van der Waals surface area contributed by atoms with Crippen LogP contribution in [-0.2, 0) is 0 Å². The largest absolute Gasteiger partial charge is 0.415 e.